The first-order valence-corrected chi connectivity index (χ1v) is 9.37. The fourth-order valence-electron chi connectivity index (χ4n) is 2.43. The Kier molecular flexibility index (Phi) is 6.01. The molecule has 1 amide bonds. The molecule has 6 nitrogen and oxygen atoms in total. The molecule has 0 spiro atoms. The Labute approximate surface area is 138 Å². The number of nitrogens with zero attached hydrogens (tertiary/aromatic N) is 2. The zero-order valence-electron chi connectivity index (χ0n) is 13.7. The highest BCUT2D eigenvalue weighted by Crippen LogP contribution is 2.21. The maximum absolute atomic E-state index is 12.6. The normalized spacial score (nSPS) is 16.3. The van der Waals surface area contributed by atoms with Crippen LogP contribution in [0.4, 0.5) is 0 Å². The van der Waals surface area contributed by atoms with E-state index in [0.717, 1.165) is 12.8 Å². The zero-order chi connectivity index (χ0) is 16.9. The van der Waals surface area contributed by atoms with Crippen molar-refractivity contribution in [2.75, 3.05) is 32.8 Å². The maximum Gasteiger partial charge on any atom is 0.243 e. The first-order valence-electron chi connectivity index (χ1n) is 7.93. The second kappa shape index (κ2) is 7.79. The second-order valence-corrected chi connectivity index (χ2v) is 7.52. The third kappa shape index (κ3) is 4.45. The van der Waals surface area contributed by atoms with Crippen LogP contribution < -0.4 is 4.74 Å². The molecule has 0 unspecified atom stereocenters. The summed E-state index contributed by atoms with van der Waals surface area (Å²) in [6, 6.07) is 6.53. The zero-order valence-corrected chi connectivity index (χ0v) is 14.5. The monoisotopic (exact) mass is 340 g/mol. The lowest BCUT2D eigenvalue weighted by Crippen LogP contribution is -2.49. The van der Waals surface area contributed by atoms with Gasteiger partial charge in [-0.05, 0) is 30.7 Å². The summed E-state index contributed by atoms with van der Waals surface area (Å²) in [4.78, 5) is 13.2. The van der Waals surface area contributed by atoms with Crippen LogP contribution >= 0.6 is 0 Å². The molecular weight excluding hydrogens is 316 g/mol. The summed E-state index contributed by atoms with van der Waals surface area (Å²) in [6.45, 7) is 5.76. The van der Waals surface area contributed by atoms with E-state index in [1.807, 2.05) is 0 Å². The van der Waals surface area contributed by atoms with E-state index < -0.39 is 10.0 Å². The smallest absolute Gasteiger partial charge is 0.243 e. The first kappa shape index (κ1) is 17.7. The fraction of sp³-hybridized carbons (Fsp3) is 0.562. The number of hydrogen-bond donors (Lipinski definition) is 0. The van der Waals surface area contributed by atoms with E-state index in [9.17, 15) is 13.2 Å². The predicted octanol–water partition coefficient (Wildman–Crippen LogP) is 1.72. The Balaban J connectivity index is 2.01. The molecule has 1 aromatic carbocycles. The van der Waals surface area contributed by atoms with Crippen LogP contribution in [-0.2, 0) is 14.8 Å². The van der Waals surface area contributed by atoms with Crippen molar-refractivity contribution in [1.82, 2.24) is 9.21 Å². The van der Waals surface area contributed by atoms with Gasteiger partial charge in [-0.15, -0.1) is 0 Å². The van der Waals surface area contributed by atoms with Gasteiger partial charge in [0.15, 0.2) is 0 Å². The average molecular weight is 340 g/mol. The van der Waals surface area contributed by atoms with Gasteiger partial charge < -0.3 is 9.64 Å². The molecule has 0 saturated carbocycles. The molecule has 1 fully saturated rings. The van der Waals surface area contributed by atoms with E-state index in [0.29, 0.717) is 38.5 Å². The van der Waals surface area contributed by atoms with Crippen molar-refractivity contribution in [1.29, 1.82) is 0 Å². The molecule has 0 bridgehead atoms. The average Bonchev–Trinajstić information content (AvgIpc) is 2.55. The predicted molar refractivity (Wildman–Crippen MR) is 87.9 cm³/mol. The van der Waals surface area contributed by atoms with Gasteiger partial charge in [-0.1, -0.05) is 13.3 Å². The van der Waals surface area contributed by atoms with Gasteiger partial charge in [0, 0.05) is 33.1 Å². The van der Waals surface area contributed by atoms with Crippen LogP contribution in [0.3, 0.4) is 0 Å². The second-order valence-electron chi connectivity index (χ2n) is 5.58. The number of piperazine rings is 1. The first-order chi connectivity index (χ1) is 10.9. The van der Waals surface area contributed by atoms with E-state index in [2.05, 4.69) is 6.92 Å². The molecule has 1 aliphatic heterocycles. The van der Waals surface area contributed by atoms with E-state index in [-0.39, 0.29) is 10.8 Å². The summed E-state index contributed by atoms with van der Waals surface area (Å²) in [6.07, 6.45) is 2.03. The molecule has 0 atom stereocenters. The number of rotatable bonds is 6. The highest BCUT2D eigenvalue weighted by atomic mass is 32.2. The van der Waals surface area contributed by atoms with Gasteiger partial charge in [-0.3, -0.25) is 4.79 Å². The summed E-state index contributed by atoms with van der Waals surface area (Å²) in [5.74, 6) is 0.662. The SMILES string of the molecule is CCCCOc1ccc(S(=O)(=O)N2CCN(C(C)=O)CC2)cc1. The quantitative estimate of drug-likeness (QED) is 0.740. The number of carbonyl (C=O) groups is 1. The molecule has 128 valence electrons. The summed E-state index contributed by atoms with van der Waals surface area (Å²) in [7, 11) is -3.51. The van der Waals surface area contributed by atoms with Gasteiger partial charge in [0.1, 0.15) is 5.75 Å². The number of ether oxygens (including phenoxy) is 1. The highest BCUT2D eigenvalue weighted by Gasteiger charge is 2.29. The van der Waals surface area contributed by atoms with Gasteiger partial charge in [-0.25, -0.2) is 8.42 Å². The van der Waals surface area contributed by atoms with E-state index in [1.54, 1.807) is 29.2 Å². The van der Waals surface area contributed by atoms with Crippen LogP contribution in [0.1, 0.15) is 26.7 Å². The van der Waals surface area contributed by atoms with Crippen LogP contribution in [0.2, 0.25) is 0 Å². The fourth-order valence-corrected chi connectivity index (χ4v) is 3.86. The Morgan fingerprint density at radius 3 is 2.26 bits per heavy atom. The molecule has 23 heavy (non-hydrogen) atoms. The molecule has 1 aromatic rings. The standard InChI is InChI=1S/C16H24N2O4S/c1-3-4-13-22-15-5-7-16(8-6-15)23(20,21)18-11-9-17(10-12-18)14(2)19/h5-8H,3-4,9-13H2,1-2H3. The highest BCUT2D eigenvalue weighted by molar-refractivity contribution is 7.89. The summed E-state index contributed by atoms with van der Waals surface area (Å²) >= 11 is 0. The Hall–Kier alpha value is -1.60. The van der Waals surface area contributed by atoms with E-state index in [4.69, 9.17) is 4.74 Å². The minimum Gasteiger partial charge on any atom is -0.494 e. The maximum atomic E-state index is 12.6. The number of sulfonamides is 1. The lowest BCUT2D eigenvalue weighted by atomic mass is 10.3. The molecule has 7 heteroatoms. The van der Waals surface area contributed by atoms with Crippen molar-refractivity contribution < 1.29 is 17.9 Å². The number of unbranched alkanes of at least 4 members (excludes halogenated alkanes) is 1. The number of carbonyl (C=O) groups excluding carboxylic acids is 1. The van der Waals surface area contributed by atoms with Crippen molar-refractivity contribution in [2.24, 2.45) is 0 Å². The van der Waals surface area contributed by atoms with Crippen LogP contribution in [0.5, 0.6) is 5.75 Å². The Morgan fingerprint density at radius 2 is 1.74 bits per heavy atom. The molecule has 0 radical (unpaired) electrons. The molecule has 1 saturated heterocycles. The van der Waals surface area contributed by atoms with Crippen LogP contribution in [0, 0.1) is 0 Å². The van der Waals surface area contributed by atoms with Gasteiger partial charge in [0.25, 0.3) is 0 Å². The van der Waals surface area contributed by atoms with Crippen molar-refractivity contribution in [2.45, 2.75) is 31.6 Å². The molecule has 0 aliphatic carbocycles. The molecule has 0 N–H and O–H groups in total. The summed E-state index contributed by atoms with van der Waals surface area (Å²) in [5.41, 5.74) is 0. The summed E-state index contributed by atoms with van der Waals surface area (Å²) in [5, 5.41) is 0. The molecule has 0 aromatic heterocycles. The summed E-state index contributed by atoms with van der Waals surface area (Å²) < 4.78 is 32.2. The van der Waals surface area contributed by atoms with Crippen molar-refractivity contribution >= 4 is 15.9 Å². The molecule has 2 rings (SSSR count). The third-order valence-electron chi connectivity index (χ3n) is 3.91. The molecular formula is C16H24N2O4S. The molecule has 1 aliphatic rings. The van der Waals surface area contributed by atoms with Gasteiger partial charge >= 0.3 is 0 Å². The van der Waals surface area contributed by atoms with Crippen molar-refractivity contribution in [3.05, 3.63) is 24.3 Å². The number of amides is 1. The Morgan fingerprint density at radius 1 is 1.13 bits per heavy atom. The van der Waals surface area contributed by atoms with Gasteiger partial charge in [0.2, 0.25) is 15.9 Å². The molecule has 1 heterocycles. The Bertz CT molecular complexity index is 620. The van der Waals surface area contributed by atoms with Crippen molar-refractivity contribution in [3.8, 4) is 5.75 Å². The van der Waals surface area contributed by atoms with E-state index >= 15 is 0 Å². The van der Waals surface area contributed by atoms with Gasteiger partial charge in [0.05, 0.1) is 11.5 Å². The van der Waals surface area contributed by atoms with Crippen LogP contribution in [-0.4, -0.2) is 56.3 Å². The van der Waals surface area contributed by atoms with Crippen LogP contribution in [0.25, 0.3) is 0 Å². The number of hydrogen-bond acceptors (Lipinski definition) is 4. The lowest BCUT2D eigenvalue weighted by Gasteiger charge is -2.33. The van der Waals surface area contributed by atoms with Crippen LogP contribution in [0.15, 0.2) is 29.2 Å². The van der Waals surface area contributed by atoms with E-state index in [1.165, 1.54) is 11.2 Å². The topological polar surface area (TPSA) is 66.9 Å². The number of benzene rings is 1. The largest absolute Gasteiger partial charge is 0.494 e. The minimum atomic E-state index is -3.51. The van der Waals surface area contributed by atoms with Crippen molar-refractivity contribution in [3.63, 3.8) is 0 Å². The minimum absolute atomic E-state index is 0.0179. The van der Waals surface area contributed by atoms with Gasteiger partial charge in [-0.2, -0.15) is 4.31 Å². The lowest BCUT2D eigenvalue weighted by molar-refractivity contribution is -0.129. The third-order valence-corrected chi connectivity index (χ3v) is 5.82.